The predicted octanol–water partition coefficient (Wildman–Crippen LogP) is 3.89. The number of pyridine rings is 1. The topological polar surface area (TPSA) is 43.9 Å². The molecule has 0 spiro atoms. The zero-order valence-electron chi connectivity index (χ0n) is 10.6. The number of thioether (sulfide) groups is 1. The zero-order valence-corrected chi connectivity index (χ0v) is 12.2. The van der Waals surface area contributed by atoms with Crippen LogP contribution >= 0.6 is 23.4 Å². The number of fused-ring (bicyclic) bond motifs is 1. The predicted molar refractivity (Wildman–Crippen MR) is 80.8 cm³/mol. The summed E-state index contributed by atoms with van der Waals surface area (Å²) in [7, 11) is 0. The summed E-state index contributed by atoms with van der Waals surface area (Å²) in [5.74, 6) is 4.42. The van der Waals surface area contributed by atoms with Gasteiger partial charge < -0.3 is 4.42 Å². The lowest BCUT2D eigenvalue weighted by Crippen LogP contribution is -2.07. The summed E-state index contributed by atoms with van der Waals surface area (Å²) in [5.41, 5.74) is 1.72. The van der Waals surface area contributed by atoms with E-state index in [0.717, 1.165) is 29.2 Å². The highest BCUT2D eigenvalue weighted by atomic mass is 35.5. The van der Waals surface area contributed by atoms with Crippen molar-refractivity contribution in [3.05, 3.63) is 41.5 Å². The third kappa shape index (κ3) is 1.93. The second-order valence-electron chi connectivity index (χ2n) is 4.79. The van der Waals surface area contributed by atoms with Crippen LogP contribution in [-0.4, -0.2) is 26.0 Å². The molecule has 0 aliphatic carbocycles. The van der Waals surface area contributed by atoms with Crippen molar-refractivity contribution in [1.82, 2.24) is 14.5 Å². The van der Waals surface area contributed by atoms with E-state index in [1.165, 1.54) is 5.75 Å². The molecule has 4 heterocycles. The molecule has 4 rings (SSSR count). The van der Waals surface area contributed by atoms with Crippen molar-refractivity contribution in [1.29, 1.82) is 0 Å². The normalized spacial score (nSPS) is 18.9. The van der Waals surface area contributed by atoms with Crippen LogP contribution in [0.25, 0.3) is 17.0 Å². The summed E-state index contributed by atoms with van der Waals surface area (Å²) in [5, 5.41) is 0.379. The number of furan rings is 1. The van der Waals surface area contributed by atoms with Gasteiger partial charge >= 0.3 is 0 Å². The Morgan fingerprint density at radius 2 is 2.30 bits per heavy atom. The maximum Gasteiger partial charge on any atom is 0.208 e. The van der Waals surface area contributed by atoms with Gasteiger partial charge in [-0.3, -0.25) is 0 Å². The van der Waals surface area contributed by atoms with Gasteiger partial charge in [0.15, 0.2) is 10.9 Å². The molecule has 3 aromatic rings. The molecule has 1 fully saturated rings. The van der Waals surface area contributed by atoms with Crippen molar-refractivity contribution in [2.75, 3.05) is 11.5 Å². The van der Waals surface area contributed by atoms with Crippen molar-refractivity contribution in [3.8, 4) is 5.88 Å². The first-order valence-electron chi connectivity index (χ1n) is 6.50. The minimum absolute atomic E-state index is 0.379. The fraction of sp³-hybridized carbons (Fsp3) is 0.286. The van der Waals surface area contributed by atoms with Crippen molar-refractivity contribution >= 4 is 34.5 Å². The van der Waals surface area contributed by atoms with Gasteiger partial charge in [0.25, 0.3) is 0 Å². The first-order valence-corrected chi connectivity index (χ1v) is 8.03. The second kappa shape index (κ2) is 4.82. The summed E-state index contributed by atoms with van der Waals surface area (Å²) in [4.78, 5) is 9.21. The minimum Gasteiger partial charge on any atom is -0.428 e. The largest absolute Gasteiger partial charge is 0.428 e. The van der Waals surface area contributed by atoms with Gasteiger partial charge in [-0.1, -0.05) is 0 Å². The number of halogens is 1. The molecule has 1 saturated heterocycles. The summed E-state index contributed by atoms with van der Waals surface area (Å²) in [6, 6.07) is 7.50. The van der Waals surface area contributed by atoms with E-state index in [-0.39, 0.29) is 0 Å². The van der Waals surface area contributed by atoms with Crippen molar-refractivity contribution < 1.29 is 4.42 Å². The first kappa shape index (κ1) is 12.3. The van der Waals surface area contributed by atoms with Gasteiger partial charge in [-0.05, 0) is 42.0 Å². The van der Waals surface area contributed by atoms with Crippen LogP contribution in [0.1, 0.15) is 18.2 Å². The van der Waals surface area contributed by atoms with Crippen LogP contribution in [0.2, 0.25) is 5.22 Å². The Kier molecular flexibility index (Phi) is 2.97. The number of rotatable bonds is 2. The third-order valence-electron chi connectivity index (χ3n) is 3.52. The summed E-state index contributed by atoms with van der Waals surface area (Å²) < 4.78 is 7.58. The molecule has 20 heavy (non-hydrogen) atoms. The summed E-state index contributed by atoms with van der Waals surface area (Å²) in [6.45, 7) is 0. The Morgan fingerprint density at radius 3 is 3.05 bits per heavy atom. The van der Waals surface area contributed by atoms with Gasteiger partial charge in [0.1, 0.15) is 11.3 Å². The van der Waals surface area contributed by atoms with Gasteiger partial charge in [0, 0.05) is 23.9 Å². The Hall–Kier alpha value is -1.46. The monoisotopic (exact) mass is 305 g/mol. The molecule has 1 aliphatic rings. The zero-order chi connectivity index (χ0) is 13.5. The number of aromatic nitrogens is 3. The second-order valence-corrected chi connectivity index (χ2v) is 6.31. The molecular weight excluding hydrogens is 294 g/mol. The quantitative estimate of drug-likeness (QED) is 0.720. The maximum absolute atomic E-state index is 5.92. The molecular formula is C14H12ClN3OS. The summed E-state index contributed by atoms with van der Waals surface area (Å²) in [6.07, 6.45) is 2.92. The van der Waals surface area contributed by atoms with E-state index >= 15 is 0 Å². The Labute approximate surface area is 125 Å². The Morgan fingerprint density at radius 1 is 1.35 bits per heavy atom. The average Bonchev–Trinajstić information content (AvgIpc) is 3.16. The van der Waals surface area contributed by atoms with Crippen LogP contribution in [0.15, 0.2) is 34.9 Å². The van der Waals surface area contributed by atoms with Crippen LogP contribution in [-0.2, 0) is 0 Å². The van der Waals surface area contributed by atoms with E-state index in [2.05, 4.69) is 4.98 Å². The van der Waals surface area contributed by atoms with Crippen molar-refractivity contribution in [3.63, 3.8) is 0 Å². The van der Waals surface area contributed by atoms with Gasteiger partial charge in [-0.25, -0.2) is 14.5 Å². The Bertz CT molecular complexity index is 761. The lowest BCUT2D eigenvalue weighted by atomic mass is 10.1. The molecule has 0 saturated carbocycles. The van der Waals surface area contributed by atoms with Gasteiger partial charge in [0.2, 0.25) is 5.88 Å². The average molecular weight is 306 g/mol. The third-order valence-corrected chi connectivity index (χ3v) is 4.88. The first-order chi connectivity index (χ1) is 9.83. The van der Waals surface area contributed by atoms with Gasteiger partial charge in [-0.15, -0.1) is 0 Å². The highest BCUT2D eigenvalue weighted by molar-refractivity contribution is 7.99. The molecule has 102 valence electrons. The molecule has 1 aliphatic heterocycles. The van der Waals surface area contributed by atoms with Crippen LogP contribution in [0.3, 0.4) is 0 Å². The van der Waals surface area contributed by atoms with E-state index in [9.17, 15) is 0 Å². The lowest BCUT2D eigenvalue weighted by Gasteiger charge is -2.09. The van der Waals surface area contributed by atoms with Crippen molar-refractivity contribution in [2.24, 2.45) is 0 Å². The van der Waals surface area contributed by atoms with Crippen LogP contribution in [0, 0.1) is 0 Å². The van der Waals surface area contributed by atoms with Crippen LogP contribution < -0.4 is 0 Å². The molecule has 4 nitrogen and oxygen atoms in total. The number of hydrogen-bond donors (Lipinski definition) is 0. The van der Waals surface area contributed by atoms with Crippen LogP contribution in [0.4, 0.5) is 0 Å². The maximum atomic E-state index is 5.92. The molecule has 3 aromatic heterocycles. The number of imidazole rings is 1. The molecule has 1 unspecified atom stereocenters. The smallest absolute Gasteiger partial charge is 0.208 e. The minimum atomic E-state index is 0.379. The molecule has 0 radical (unpaired) electrons. The Balaban J connectivity index is 1.97. The number of nitrogens with zero attached hydrogens (tertiary/aromatic N) is 3. The summed E-state index contributed by atoms with van der Waals surface area (Å²) >= 11 is 7.88. The van der Waals surface area contributed by atoms with E-state index in [1.807, 2.05) is 34.5 Å². The fourth-order valence-electron chi connectivity index (χ4n) is 2.58. The van der Waals surface area contributed by atoms with E-state index in [1.54, 1.807) is 12.3 Å². The fourth-order valence-corrected chi connectivity index (χ4v) is 3.94. The highest BCUT2D eigenvalue weighted by Crippen LogP contribution is 2.35. The van der Waals surface area contributed by atoms with Crippen molar-refractivity contribution in [2.45, 2.75) is 12.3 Å². The standard InChI is InChI=1S/C14H12ClN3OS/c15-11-3-4-12(19-11)18-13(9-5-7-20-8-9)17-10-2-1-6-16-14(10)18/h1-4,6,9H,5,7-8H2. The highest BCUT2D eigenvalue weighted by Gasteiger charge is 2.26. The molecule has 0 aromatic carbocycles. The molecule has 0 N–H and O–H groups in total. The van der Waals surface area contributed by atoms with E-state index in [0.29, 0.717) is 17.0 Å². The van der Waals surface area contributed by atoms with Gasteiger partial charge in [0.05, 0.1) is 0 Å². The molecule has 0 amide bonds. The number of hydrogen-bond acceptors (Lipinski definition) is 4. The SMILES string of the molecule is Clc1ccc(-n2c(C3CCSC3)nc3cccnc32)o1. The van der Waals surface area contributed by atoms with E-state index in [4.69, 9.17) is 21.0 Å². The van der Waals surface area contributed by atoms with Crippen LogP contribution in [0.5, 0.6) is 0 Å². The molecule has 6 heteroatoms. The lowest BCUT2D eigenvalue weighted by molar-refractivity contribution is 0.530. The molecule has 1 atom stereocenters. The van der Waals surface area contributed by atoms with Gasteiger partial charge in [-0.2, -0.15) is 11.8 Å². The van der Waals surface area contributed by atoms with E-state index < -0.39 is 0 Å². The molecule has 0 bridgehead atoms.